The monoisotopic (exact) mass is 292 g/mol. The molecular formula is C14H16N2O3S. The Labute approximate surface area is 118 Å². The zero-order valence-electron chi connectivity index (χ0n) is 10.9. The summed E-state index contributed by atoms with van der Waals surface area (Å²) in [5, 5.41) is 5.35. The van der Waals surface area contributed by atoms with Gasteiger partial charge in [-0.1, -0.05) is 12.0 Å². The predicted molar refractivity (Wildman–Crippen MR) is 78.2 cm³/mol. The van der Waals surface area contributed by atoms with Crippen molar-refractivity contribution in [2.75, 3.05) is 23.4 Å². The van der Waals surface area contributed by atoms with Gasteiger partial charge >= 0.3 is 6.03 Å². The van der Waals surface area contributed by atoms with E-state index in [2.05, 4.69) is 16.6 Å². The van der Waals surface area contributed by atoms with Crippen molar-refractivity contribution in [2.24, 2.45) is 5.92 Å². The van der Waals surface area contributed by atoms with Gasteiger partial charge in [-0.15, -0.1) is 6.42 Å². The molecular weight excluding hydrogens is 276 g/mol. The molecule has 0 aliphatic carbocycles. The van der Waals surface area contributed by atoms with Crippen LogP contribution >= 0.6 is 0 Å². The van der Waals surface area contributed by atoms with E-state index in [-0.39, 0.29) is 23.5 Å². The maximum absolute atomic E-state index is 11.7. The smallest absolute Gasteiger partial charge is 0.319 e. The van der Waals surface area contributed by atoms with Crippen LogP contribution in [0.5, 0.6) is 0 Å². The topological polar surface area (TPSA) is 75.3 Å². The number of terminal acetylenes is 1. The zero-order valence-corrected chi connectivity index (χ0v) is 11.7. The second-order valence-electron chi connectivity index (χ2n) is 4.83. The van der Waals surface area contributed by atoms with E-state index >= 15 is 0 Å². The largest absolute Gasteiger partial charge is 0.338 e. The van der Waals surface area contributed by atoms with Crippen LogP contribution in [-0.4, -0.2) is 32.5 Å². The minimum atomic E-state index is -2.91. The van der Waals surface area contributed by atoms with Crippen molar-refractivity contribution >= 4 is 21.6 Å². The summed E-state index contributed by atoms with van der Waals surface area (Å²) >= 11 is 0. The molecule has 1 heterocycles. The number of hydrogen-bond donors (Lipinski definition) is 2. The summed E-state index contributed by atoms with van der Waals surface area (Å²) in [5.41, 5.74) is 1.29. The average Bonchev–Trinajstić information content (AvgIpc) is 2.76. The molecule has 1 fully saturated rings. The highest BCUT2D eigenvalue weighted by Gasteiger charge is 2.27. The first-order valence-corrected chi connectivity index (χ1v) is 8.12. The fraction of sp³-hybridized carbons (Fsp3) is 0.357. The lowest BCUT2D eigenvalue weighted by Crippen LogP contribution is -2.33. The van der Waals surface area contributed by atoms with Crippen LogP contribution in [0.15, 0.2) is 24.3 Å². The molecule has 1 aromatic carbocycles. The number of hydrogen-bond acceptors (Lipinski definition) is 3. The number of carbonyl (C=O) groups excluding carboxylic acids is 1. The van der Waals surface area contributed by atoms with Gasteiger partial charge in [0.2, 0.25) is 0 Å². The Bertz CT molecular complexity index is 647. The fourth-order valence-electron chi connectivity index (χ4n) is 2.13. The van der Waals surface area contributed by atoms with Crippen LogP contribution in [0, 0.1) is 18.3 Å². The molecule has 2 N–H and O–H groups in total. The van der Waals surface area contributed by atoms with E-state index in [1.54, 1.807) is 24.3 Å². The molecule has 5 nitrogen and oxygen atoms in total. The number of benzene rings is 1. The second kappa shape index (κ2) is 5.97. The Kier molecular flexibility index (Phi) is 4.30. The Morgan fingerprint density at radius 1 is 1.45 bits per heavy atom. The van der Waals surface area contributed by atoms with E-state index in [1.165, 1.54) is 0 Å². The lowest BCUT2D eigenvalue weighted by atomic mass is 10.1. The van der Waals surface area contributed by atoms with Crippen LogP contribution in [0.2, 0.25) is 0 Å². The van der Waals surface area contributed by atoms with Gasteiger partial charge in [0.25, 0.3) is 0 Å². The highest BCUT2D eigenvalue weighted by atomic mass is 32.2. The second-order valence-corrected chi connectivity index (χ2v) is 7.06. The number of amides is 2. The molecule has 106 valence electrons. The Hall–Kier alpha value is -2.00. The molecule has 1 aliphatic rings. The molecule has 0 spiro atoms. The molecule has 2 amide bonds. The molecule has 1 saturated heterocycles. The van der Waals surface area contributed by atoms with Gasteiger partial charge in [0, 0.05) is 17.8 Å². The highest BCUT2D eigenvalue weighted by molar-refractivity contribution is 7.91. The van der Waals surface area contributed by atoms with Gasteiger partial charge in [-0.25, -0.2) is 13.2 Å². The molecule has 1 aliphatic heterocycles. The van der Waals surface area contributed by atoms with Crippen molar-refractivity contribution in [3.63, 3.8) is 0 Å². The van der Waals surface area contributed by atoms with Gasteiger partial charge in [0.05, 0.1) is 11.5 Å². The maximum atomic E-state index is 11.7. The first kappa shape index (κ1) is 14.4. The van der Waals surface area contributed by atoms with Crippen LogP contribution in [0.1, 0.15) is 12.0 Å². The van der Waals surface area contributed by atoms with Gasteiger partial charge in [0.1, 0.15) is 0 Å². The predicted octanol–water partition coefficient (Wildman–Crippen LogP) is 1.22. The summed E-state index contributed by atoms with van der Waals surface area (Å²) in [6, 6.07) is 6.60. The summed E-state index contributed by atoms with van der Waals surface area (Å²) in [4.78, 5) is 11.7. The van der Waals surface area contributed by atoms with Gasteiger partial charge in [-0.2, -0.15) is 0 Å². The zero-order chi connectivity index (χ0) is 14.6. The summed E-state index contributed by atoms with van der Waals surface area (Å²) < 4.78 is 22.6. The van der Waals surface area contributed by atoms with E-state index in [1.807, 2.05) is 0 Å². The third-order valence-electron chi connectivity index (χ3n) is 3.17. The standard InChI is InChI=1S/C14H16N2O3S/c1-2-11-4-3-5-13(8-11)16-14(17)15-9-12-6-7-20(18,19)10-12/h1,3-5,8,12H,6-7,9-10H2,(H2,15,16,17)/t12-/m1/s1. The Balaban J connectivity index is 1.83. The lowest BCUT2D eigenvalue weighted by molar-refractivity contribution is 0.250. The SMILES string of the molecule is C#Cc1cccc(NC(=O)NC[C@H]2CCS(=O)(=O)C2)c1. The third kappa shape index (κ3) is 4.00. The molecule has 20 heavy (non-hydrogen) atoms. The first-order chi connectivity index (χ1) is 9.48. The average molecular weight is 292 g/mol. The number of carbonyl (C=O) groups is 1. The van der Waals surface area contributed by atoms with E-state index in [0.29, 0.717) is 24.2 Å². The molecule has 0 radical (unpaired) electrons. The number of rotatable bonds is 3. The van der Waals surface area contributed by atoms with Crippen LogP contribution in [0.3, 0.4) is 0 Å². The molecule has 0 bridgehead atoms. The molecule has 1 aromatic rings. The fourth-order valence-corrected chi connectivity index (χ4v) is 3.99. The first-order valence-electron chi connectivity index (χ1n) is 6.30. The summed E-state index contributed by atoms with van der Waals surface area (Å²) in [6.45, 7) is 0.361. The van der Waals surface area contributed by atoms with Crippen molar-refractivity contribution in [3.05, 3.63) is 29.8 Å². The molecule has 2 rings (SSSR count). The van der Waals surface area contributed by atoms with Crippen LogP contribution < -0.4 is 10.6 Å². The molecule has 0 saturated carbocycles. The minimum Gasteiger partial charge on any atom is -0.338 e. The summed E-state index contributed by atoms with van der Waals surface area (Å²) in [7, 11) is -2.91. The van der Waals surface area contributed by atoms with Gasteiger partial charge in [-0.3, -0.25) is 0 Å². The van der Waals surface area contributed by atoms with Crippen LogP contribution in [0.25, 0.3) is 0 Å². The minimum absolute atomic E-state index is 0.00259. The van der Waals surface area contributed by atoms with Gasteiger partial charge in [0.15, 0.2) is 9.84 Å². The van der Waals surface area contributed by atoms with Crippen molar-refractivity contribution in [2.45, 2.75) is 6.42 Å². The normalized spacial score (nSPS) is 20.1. The van der Waals surface area contributed by atoms with Gasteiger partial charge in [-0.05, 0) is 30.5 Å². The maximum Gasteiger partial charge on any atom is 0.319 e. The van der Waals surface area contributed by atoms with Gasteiger partial charge < -0.3 is 10.6 Å². The van der Waals surface area contributed by atoms with Crippen LogP contribution in [-0.2, 0) is 9.84 Å². The molecule has 1 atom stereocenters. The quantitative estimate of drug-likeness (QED) is 0.823. The number of anilines is 1. The Morgan fingerprint density at radius 3 is 2.90 bits per heavy atom. The summed E-state index contributed by atoms with van der Waals surface area (Å²) in [6.07, 6.45) is 5.89. The van der Waals surface area contributed by atoms with E-state index in [0.717, 1.165) is 0 Å². The van der Waals surface area contributed by atoms with Crippen molar-refractivity contribution in [1.29, 1.82) is 0 Å². The van der Waals surface area contributed by atoms with E-state index in [4.69, 9.17) is 6.42 Å². The number of urea groups is 1. The third-order valence-corrected chi connectivity index (χ3v) is 5.00. The number of sulfone groups is 1. The summed E-state index contributed by atoms with van der Waals surface area (Å²) in [5.74, 6) is 2.86. The highest BCUT2D eigenvalue weighted by Crippen LogP contribution is 2.17. The molecule has 0 unspecified atom stereocenters. The molecule has 6 heteroatoms. The van der Waals surface area contributed by atoms with Crippen molar-refractivity contribution in [1.82, 2.24) is 5.32 Å². The van der Waals surface area contributed by atoms with Crippen molar-refractivity contribution < 1.29 is 13.2 Å². The number of nitrogens with one attached hydrogen (secondary N) is 2. The van der Waals surface area contributed by atoms with Crippen molar-refractivity contribution in [3.8, 4) is 12.3 Å². The molecule has 0 aromatic heterocycles. The Morgan fingerprint density at radius 2 is 2.25 bits per heavy atom. The van der Waals surface area contributed by atoms with Crippen LogP contribution in [0.4, 0.5) is 10.5 Å². The lowest BCUT2D eigenvalue weighted by Gasteiger charge is -2.11. The van der Waals surface area contributed by atoms with E-state index < -0.39 is 9.84 Å². The van der Waals surface area contributed by atoms with E-state index in [9.17, 15) is 13.2 Å².